The van der Waals surface area contributed by atoms with Gasteiger partial charge in [0.2, 0.25) is 5.91 Å². The molecule has 36 heavy (non-hydrogen) atoms. The SMILES string of the molecule is Cc1c(Cl)cccc1-n1c(SCC(=O)Nc2nc(-c3ccc(F)cc3)cs2)nc2ccccc2c1=O. The number of halogens is 2. The molecule has 0 aliphatic carbocycles. The summed E-state index contributed by atoms with van der Waals surface area (Å²) in [5.74, 6) is -0.611. The molecule has 0 aliphatic heterocycles. The van der Waals surface area contributed by atoms with Crippen molar-refractivity contribution in [3.05, 3.63) is 98.9 Å². The molecule has 5 rings (SSSR count). The molecule has 3 aromatic carbocycles. The Hall–Kier alpha value is -3.53. The molecule has 1 N–H and O–H groups in total. The second-order valence-electron chi connectivity index (χ2n) is 7.82. The fourth-order valence-electron chi connectivity index (χ4n) is 3.63. The first-order chi connectivity index (χ1) is 17.4. The molecule has 0 atom stereocenters. The summed E-state index contributed by atoms with van der Waals surface area (Å²) < 4.78 is 14.7. The van der Waals surface area contributed by atoms with Crippen LogP contribution in [0.1, 0.15) is 5.56 Å². The third kappa shape index (κ3) is 4.90. The van der Waals surface area contributed by atoms with Crippen LogP contribution in [-0.4, -0.2) is 26.2 Å². The Morgan fingerprint density at radius 2 is 1.86 bits per heavy atom. The molecule has 0 radical (unpaired) electrons. The van der Waals surface area contributed by atoms with Crippen molar-refractivity contribution >= 4 is 56.6 Å². The van der Waals surface area contributed by atoms with Crippen molar-refractivity contribution in [3.63, 3.8) is 0 Å². The van der Waals surface area contributed by atoms with Gasteiger partial charge in [0.15, 0.2) is 10.3 Å². The third-order valence-corrected chi connectivity index (χ3v) is 7.55. The lowest BCUT2D eigenvalue weighted by Crippen LogP contribution is -2.23. The average molecular weight is 537 g/mol. The van der Waals surface area contributed by atoms with Gasteiger partial charge in [-0.2, -0.15) is 0 Å². The molecule has 180 valence electrons. The van der Waals surface area contributed by atoms with Crippen molar-refractivity contribution in [1.29, 1.82) is 0 Å². The quantitative estimate of drug-likeness (QED) is 0.202. The number of nitrogens with one attached hydrogen (secondary N) is 1. The van der Waals surface area contributed by atoms with E-state index in [9.17, 15) is 14.0 Å². The summed E-state index contributed by atoms with van der Waals surface area (Å²) in [6.45, 7) is 1.83. The number of hydrogen-bond donors (Lipinski definition) is 1. The summed E-state index contributed by atoms with van der Waals surface area (Å²) >= 11 is 8.75. The Bertz CT molecular complexity index is 1650. The van der Waals surface area contributed by atoms with Crippen LogP contribution in [0.4, 0.5) is 9.52 Å². The highest BCUT2D eigenvalue weighted by Crippen LogP contribution is 2.28. The molecule has 0 spiro atoms. The summed E-state index contributed by atoms with van der Waals surface area (Å²) in [5, 5.41) is 6.38. The number of rotatable bonds is 6. The first-order valence-corrected chi connectivity index (χ1v) is 13.1. The Morgan fingerprint density at radius 1 is 1.08 bits per heavy atom. The van der Waals surface area contributed by atoms with Crippen molar-refractivity contribution in [2.45, 2.75) is 12.1 Å². The molecule has 10 heteroatoms. The van der Waals surface area contributed by atoms with Gasteiger partial charge < -0.3 is 5.32 Å². The van der Waals surface area contributed by atoms with Crippen molar-refractivity contribution in [2.75, 3.05) is 11.1 Å². The first kappa shape index (κ1) is 24.2. The van der Waals surface area contributed by atoms with E-state index < -0.39 is 0 Å². The minimum Gasteiger partial charge on any atom is -0.301 e. The van der Waals surface area contributed by atoms with E-state index in [0.29, 0.717) is 37.6 Å². The van der Waals surface area contributed by atoms with Gasteiger partial charge in [0.25, 0.3) is 5.56 Å². The number of carbonyl (C=O) groups excluding carboxylic acids is 1. The second kappa shape index (κ2) is 10.2. The van der Waals surface area contributed by atoms with E-state index >= 15 is 0 Å². The molecular formula is C26H18ClFN4O2S2. The van der Waals surface area contributed by atoms with Crippen molar-refractivity contribution in [3.8, 4) is 16.9 Å². The van der Waals surface area contributed by atoms with Crippen LogP contribution < -0.4 is 10.9 Å². The average Bonchev–Trinajstić information content (AvgIpc) is 3.34. The zero-order valence-electron chi connectivity index (χ0n) is 18.9. The molecular weight excluding hydrogens is 519 g/mol. The number of thiazole rings is 1. The Morgan fingerprint density at radius 3 is 2.67 bits per heavy atom. The van der Waals surface area contributed by atoms with Crippen LogP contribution >= 0.6 is 34.7 Å². The summed E-state index contributed by atoms with van der Waals surface area (Å²) in [7, 11) is 0. The van der Waals surface area contributed by atoms with E-state index in [1.54, 1.807) is 53.9 Å². The predicted molar refractivity (Wildman–Crippen MR) is 144 cm³/mol. The lowest BCUT2D eigenvalue weighted by atomic mass is 10.2. The van der Waals surface area contributed by atoms with Gasteiger partial charge in [-0.05, 0) is 61.0 Å². The maximum absolute atomic E-state index is 13.4. The van der Waals surface area contributed by atoms with Crippen LogP contribution in [-0.2, 0) is 4.79 Å². The van der Waals surface area contributed by atoms with E-state index in [0.717, 1.165) is 22.9 Å². The molecule has 0 unspecified atom stereocenters. The number of fused-ring (bicyclic) bond motifs is 1. The molecule has 0 aliphatic rings. The fraction of sp³-hybridized carbons (Fsp3) is 0.0769. The highest BCUT2D eigenvalue weighted by molar-refractivity contribution is 7.99. The van der Waals surface area contributed by atoms with Crippen LogP contribution in [0.25, 0.3) is 27.8 Å². The number of hydrogen-bond acceptors (Lipinski definition) is 6. The highest BCUT2D eigenvalue weighted by Gasteiger charge is 2.17. The molecule has 6 nitrogen and oxygen atoms in total. The molecule has 1 amide bonds. The second-order valence-corrected chi connectivity index (χ2v) is 10.0. The maximum Gasteiger partial charge on any atom is 0.266 e. The van der Waals surface area contributed by atoms with E-state index in [1.807, 2.05) is 13.0 Å². The zero-order chi connectivity index (χ0) is 25.2. The van der Waals surface area contributed by atoms with E-state index in [4.69, 9.17) is 11.6 Å². The number of anilines is 1. The number of aromatic nitrogens is 3. The predicted octanol–water partition coefficient (Wildman–Crippen LogP) is 6.34. The number of para-hydroxylation sites is 1. The van der Waals surface area contributed by atoms with E-state index in [1.165, 1.54) is 28.0 Å². The van der Waals surface area contributed by atoms with Gasteiger partial charge >= 0.3 is 0 Å². The lowest BCUT2D eigenvalue weighted by molar-refractivity contribution is -0.113. The van der Waals surface area contributed by atoms with Crippen molar-refractivity contribution in [1.82, 2.24) is 14.5 Å². The molecule has 2 heterocycles. The Kier molecular flexibility index (Phi) is 6.86. The Labute approximate surface area is 218 Å². The standard InChI is InChI=1S/C26H18ClFN4O2S2/c1-15-19(27)6-4-8-22(15)32-24(34)18-5-2-3-7-20(18)30-26(32)36-14-23(33)31-25-29-21(13-35-25)16-9-11-17(28)12-10-16/h2-13H,14H2,1H3,(H,29,31,33). The van der Waals surface area contributed by atoms with Gasteiger partial charge in [-0.3, -0.25) is 14.2 Å². The highest BCUT2D eigenvalue weighted by atomic mass is 35.5. The topological polar surface area (TPSA) is 76.9 Å². The summed E-state index contributed by atoms with van der Waals surface area (Å²) in [6, 6.07) is 18.4. The largest absolute Gasteiger partial charge is 0.301 e. The molecule has 0 saturated carbocycles. The zero-order valence-corrected chi connectivity index (χ0v) is 21.3. The van der Waals surface area contributed by atoms with Crippen LogP contribution in [0.15, 0.2) is 82.1 Å². The van der Waals surface area contributed by atoms with Crippen LogP contribution in [0, 0.1) is 12.7 Å². The van der Waals surface area contributed by atoms with Gasteiger partial charge in [0.05, 0.1) is 28.0 Å². The number of carbonyl (C=O) groups is 1. The number of amides is 1. The minimum absolute atomic E-state index is 0.00978. The molecule has 2 aromatic heterocycles. The Balaban J connectivity index is 1.40. The monoisotopic (exact) mass is 536 g/mol. The summed E-state index contributed by atoms with van der Waals surface area (Å²) in [5.41, 5.74) is 3.05. The van der Waals surface area contributed by atoms with Gasteiger partial charge in [0, 0.05) is 16.0 Å². The van der Waals surface area contributed by atoms with Gasteiger partial charge in [0.1, 0.15) is 5.82 Å². The molecule has 0 saturated heterocycles. The number of thioether (sulfide) groups is 1. The normalized spacial score (nSPS) is 11.1. The summed E-state index contributed by atoms with van der Waals surface area (Å²) in [6.07, 6.45) is 0. The van der Waals surface area contributed by atoms with Crippen LogP contribution in [0.2, 0.25) is 5.02 Å². The van der Waals surface area contributed by atoms with Gasteiger partial charge in [-0.25, -0.2) is 14.4 Å². The van der Waals surface area contributed by atoms with Crippen molar-refractivity contribution < 1.29 is 9.18 Å². The van der Waals surface area contributed by atoms with E-state index in [-0.39, 0.29) is 23.0 Å². The van der Waals surface area contributed by atoms with Gasteiger partial charge in [-0.1, -0.05) is 41.6 Å². The van der Waals surface area contributed by atoms with Crippen LogP contribution in [0.3, 0.4) is 0 Å². The van der Waals surface area contributed by atoms with Gasteiger partial charge in [-0.15, -0.1) is 11.3 Å². The molecule has 0 bridgehead atoms. The summed E-state index contributed by atoms with van der Waals surface area (Å²) in [4.78, 5) is 35.3. The number of nitrogens with zero attached hydrogens (tertiary/aromatic N) is 3. The minimum atomic E-state index is -0.326. The fourth-order valence-corrected chi connectivity index (χ4v) is 5.34. The smallest absolute Gasteiger partial charge is 0.266 e. The van der Waals surface area contributed by atoms with Crippen LogP contribution in [0.5, 0.6) is 0 Å². The van der Waals surface area contributed by atoms with E-state index in [2.05, 4.69) is 15.3 Å². The molecule has 0 fully saturated rings. The van der Waals surface area contributed by atoms with Crippen molar-refractivity contribution in [2.24, 2.45) is 0 Å². The maximum atomic E-state index is 13.4. The number of benzene rings is 3. The molecule has 5 aromatic rings. The first-order valence-electron chi connectivity index (χ1n) is 10.8. The third-order valence-electron chi connectivity index (χ3n) is 5.45. The lowest BCUT2D eigenvalue weighted by Gasteiger charge is -2.15.